The van der Waals surface area contributed by atoms with Crippen molar-refractivity contribution < 1.29 is 50.0 Å². The summed E-state index contributed by atoms with van der Waals surface area (Å²) < 4.78 is 11.1. The fourth-order valence-corrected chi connectivity index (χ4v) is 9.87. The maximum atomic E-state index is 13.2. The molecule has 73 heavy (non-hydrogen) atoms. The van der Waals surface area contributed by atoms with Gasteiger partial charge in [-0.05, 0) is 77.0 Å². The molecule has 0 radical (unpaired) electrons. The van der Waals surface area contributed by atoms with Gasteiger partial charge in [0, 0.05) is 0 Å². The molecule has 1 aliphatic heterocycles. The highest BCUT2D eigenvalue weighted by Crippen LogP contribution is 2.23. The average molecular weight is 1040 g/mol. The molecule has 1 fully saturated rings. The molecular weight excluding hydrogens is 919 g/mol. The number of ether oxygens (including phenoxy) is 2. The molecule has 11 heteroatoms. The first-order valence-electron chi connectivity index (χ1n) is 30.9. The number of unbranched alkanes of at least 4 members (excludes halogenated alkanes) is 35. The summed E-state index contributed by atoms with van der Waals surface area (Å²) in [5.41, 5.74) is 0. The summed E-state index contributed by atoms with van der Waals surface area (Å²) in [6.07, 6.45) is 52.2. The zero-order valence-electron chi connectivity index (χ0n) is 47.1. The van der Waals surface area contributed by atoms with Crippen LogP contribution in [0.25, 0.3) is 0 Å². The van der Waals surface area contributed by atoms with E-state index < -0.39 is 74.2 Å². The second-order valence-electron chi connectivity index (χ2n) is 21.8. The van der Waals surface area contributed by atoms with Crippen molar-refractivity contribution in [2.75, 3.05) is 13.2 Å². The van der Waals surface area contributed by atoms with E-state index >= 15 is 0 Å². The minimum Gasteiger partial charge on any atom is -0.394 e. The standard InChI is InChI=1S/C62H117NO10/c1-3-5-7-9-11-13-15-17-19-21-22-23-24-25-26-27-28-29-30-31-32-33-34-36-38-40-42-44-46-48-50-55(66)61(71)63-53(52-72-62-60(70)59(69)58(68)56(51-64)73-62)57(67)54(65)49-47-45-43-41-39-37-35-20-18-16-14-12-10-8-6-4-2/h20,25-26,35,41,43,53-60,62,64-70H,3-19,21-24,27-34,36-40,42,44-52H2,1-2H3,(H,63,71)/b26-25-,35-20+,43-41+. The molecule has 0 aromatic rings. The van der Waals surface area contributed by atoms with Crippen molar-refractivity contribution in [3.8, 4) is 0 Å². The third-order valence-corrected chi connectivity index (χ3v) is 14.9. The molecule has 9 atom stereocenters. The molecule has 0 spiro atoms. The summed E-state index contributed by atoms with van der Waals surface area (Å²) in [5.74, 6) is -0.708. The lowest BCUT2D eigenvalue weighted by atomic mass is 9.98. The van der Waals surface area contributed by atoms with Crippen LogP contribution in [0.4, 0.5) is 0 Å². The maximum absolute atomic E-state index is 13.2. The Morgan fingerprint density at radius 3 is 1.22 bits per heavy atom. The van der Waals surface area contributed by atoms with Crippen molar-refractivity contribution in [3.05, 3.63) is 36.5 Å². The van der Waals surface area contributed by atoms with Crippen LogP contribution in [-0.2, 0) is 14.3 Å². The first-order valence-corrected chi connectivity index (χ1v) is 30.9. The second kappa shape index (κ2) is 51.1. The SMILES string of the molecule is CCCCCCCCC/C=C/CC/C=C/CCCC(O)C(O)C(COC1OC(CO)C(O)C(O)C1O)NC(=O)C(O)CCCCCCCCCCCCCCCC/C=C\CCCCCCCCCCCCCC. The Kier molecular flexibility index (Phi) is 48.5. The Labute approximate surface area is 447 Å². The summed E-state index contributed by atoms with van der Waals surface area (Å²) in [6, 6.07) is -1.19. The molecule has 1 aliphatic rings. The van der Waals surface area contributed by atoms with Crippen LogP contribution < -0.4 is 5.32 Å². The number of rotatable bonds is 53. The van der Waals surface area contributed by atoms with Gasteiger partial charge in [-0.1, -0.05) is 243 Å². The number of aliphatic hydroxyl groups excluding tert-OH is 7. The lowest BCUT2D eigenvalue weighted by molar-refractivity contribution is -0.303. The predicted octanol–water partition coefficient (Wildman–Crippen LogP) is 13.5. The van der Waals surface area contributed by atoms with Crippen molar-refractivity contribution >= 4 is 5.91 Å². The molecule has 0 aliphatic carbocycles. The molecule has 1 heterocycles. The number of aliphatic hydroxyl groups is 7. The maximum Gasteiger partial charge on any atom is 0.249 e. The van der Waals surface area contributed by atoms with E-state index in [4.69, 9.17) is 9.47 Å². The lowest BCUT2D eigenvalue weighted by Crippen LogP contribution is -2.60. The van der Waals surface area contributed by atoms with Gasteiger partial charge in [-0.2, -0.15) is 0 Å². The first-order chi connectivity index (χ1) is 35.7. The topological polar surface area (TPSA) is 189 Å². The van der Waals surface area contributed by atoms with E-state index in [0.29, 0.717) is 19.3 Å². The number of allylic oxidation sites excluding steroid dienone is 6. The molecule has 1 rings (SSSR count). The largest absolute Gasteiger partial charge is 0.394 e. The molecule has 0 aromatic carbocycles. The Morgan fingerprint density at radius 1 is 0.466 bits per heavy atom. The van der Waals surface area contributed by atoms with Gasteiger partial charge < -0.3 is 50.5 Å². The molecule has 11 nitrogen and oxygen atoms in total. The molecule has 0 bridgehead atoms. The van der Waals surface area contributed by atoms with Gasteiger partial charge in [0.25, 0.3) is 0 Å². The predicted molar refractivity (Wildman–Crippen MR) is 302 cm³/mol. The van der Waals surface area contributed by atoms with Gasteiger partial charge in [-0.15, -0.1) is 0 Å². The summed E-state index contributed by atoms with van der Waals surface area (Å²) >= 11 is 0. The second-order valence-corrected chi connectivity index (χ2v) is 21.8. The quantitative estimate of drug-likeness (QED) is 0.0215. The van der Waals surface area contributed by atoms with Gasteiger partial charge in [-0.25, -0.2) is 0 Å². The van der Waals surface area contributed by atoms with Gasteiger partial charge in [0.15, 0.2) is 6.29 Å². The van der Waals surface area contributed by atoms with Gasteiger partial charge in [0.2, 0.25) is 5.91 Å². The smallest absolute Gasteiger partial charge is 0.249 e. The minimum atomic E-state index is -1.67. The highest BCUT2D eigenvalue weighted by Gasteiger charge is 2.44. The number of amides is 1. The molecular formula is C62H117NO10. The van der Waals surface area contributed by atoms with Crippen LogP contribution in [-0.4, -0.2) is 110 Å². The molecule has 430 valence electrons. The third-order valence-electron chi connectivity index (χ3n) is 14.9. The average Bonchev–Trinajstić information content (AvgIpc) is 3.39. The van der Waals surface area contributed by atoms with Crippen molar-refractivity contribution in [3.63, 3.8) is 0 Å². The van der Waals surface area contributed by atoms with E-state index in [1.807, 2.05) is 0 Å². The van der Waals surface area contributed by atoms with E-state index in [0.717, 1.165) is 38.5 Å². The van der Waals surface area contributed by atoms with Crippen molar-refractivity contribution in [1.82, 2.24) is 5.32 Å². The van der Waals surface area contributed by atoms with Crippen LogP contribution in [0.2, 0.25) is 0 Å². The van der Waals surface area contributed by atoms with Crippen LogP contribution in [0, 0.1) is 0 Å². The summed E-state index contributed by atoms with van der Waals surface area (Å²) in [4.78, 5) is 13.2. The Bertz CT molecular complexity index is 1280. The Morgan fingerprint density at radius 2 is 0.822 bits per heavy atom. The summed E-state index contributed by atoms with van der Waals surface area (Å²) in [7, 11) is 0. The fraction of sp³-hybridized carbons (Fsp3) is 0.887. The van der Waals surface area contributed by atoms with Crippen LogP contribution >= 0.6 is 0 Å². The van der Waals surface area contributed by atoms with E-state index in [1.54, 1.807) is 0 Å². The van der Waals surface area contributed by atoms with Crippen LogP contribution in [0.15, 0.2) is 36.5 Å². The van der Waals surface area contributed by atoms with Crippen LogP contribution in [0.5, 0.6) is 0 Å². The van der Waals surface area contributed by atoms with Crippen LogP contribution in [0.3, 0.4) is 0 Å². The molecule has 0 aromatic heterocycles. The highest BCUT2D eigenvalue weighted by molar-refractivity contribution is 5.80. The van der Waals surface area contributed by atoms with E-state index in [9.17, 15) is 40.5 Å². The molecule has 1 saturated heterocycles. The van der Waals surface area contributed by atoms with Gasteiger partial charge in [-0.3, -0.25) is 4.79 Å². The number of carbonyl (C=O) groups excluding carboxylic acids is 1. The fourth-order valence-electron chi connectivity index (χ4n) is 9.87. The van der Waals surface area contributed by atoms with E-state index in [2.05, 4.69) is 55.6 Å². The molecule has 9 unspecified atom stereocenters. The normalized spacial score (nSPS) is 20.2. The lowest BCUT2D eigenvalue weighted by Gasteiger charge is -2.40. The van der Waals surface area contributed by atoms with Crippen LogP contribution in [0.1, 0.15) is 284 Å². The number of carbonyl (C=O) groups is 1. The molecule has 0 saturated carbocycles. The van der Waals surface area contributed by atoms with Crippen molar-refractivity contribution in [2.45, 2.75) is 339 Å². The number of hydrogen-bond acceptors (Lipinski definition) is 10. The summed E-state index contributed by atoms with van der Waals surface area (Å²) in [6.45, 7) is 3.45. The Balaban J connectivity index is 2.24. The number of hydrogen-bond donors (Lipinski definition) is 8. The minimum absolute atomic E-state index is 0.247. The molecule has 8 N–H and O–H groups in total. The molecule has 1 amide bonds. The summed E-state index contributed by atoms with van der Waals surface area (Å²) in [5, 5.41) is 76.1. The van der Waals surface area contributed by atoms with Crippen molar-refractivity contribution in [2.24, 2.45) is 0 Å². The zero-order chi connectivity index (χ0) is 53.3. The first kappa shape index (κ1) is 69.3. The number of nitrogens with one attached hydrogen (secondary N) is 1. The van der Waals surface area contributed by atoms with E-state index in [1.165, 1.54) is 199 Å². The van der Waals surface area contributed by atoms with Gasteiger partial charge >= 0.3 is 0 Å². The highest BCUT2D eigenvalue weighted by atomic mass is 16.7. The Hall–Kier alpha value is -1.67. The van der Waals surface area contributed by atoms with Gasteiger partial charge in [0.05, 0.1) is 25.4 Å². The van der Waals surface area contributed by atoms with E-state index in [-0.39, 0.29) is 12.8 Å². The third kappa shape index (κ3) is 39.4. The monoisotopic (exact) mass is 1040 g/mol. The zero-order valence-corrected chi connectivity index (χ0v) is 47.1. The van der Waals surface area contributed by atoms with Crippen molar-refractivity contribution in [1.29, 1.82) is 0 Å². The van der Waals surface area contributed by atoms with Gasteiger partial charge in [0.1, 0.15) is 36.6 Å².